The van der Waals surface area contributed by atoms with Crippen LogP contribution in [0.15, 0.2) is 18.5 Å². The molecule has 0 aromatic carbocycles. The van der Waals surface area contributed by atoms with E-state index in [1.165, 1.54) is 0 Å². The van der Waals surface area contributed by atoms with Crippen molar-refractivity contribution in [3.8, 4) is 0 Å². The Morgan fingerprint density at radius 1 is 1.35 bits per heavy atom. The van der Waals surface area contributed by atoms with Gasteiger partial charge in [0.05, 0.1) is 0 Å². The molecule has 2 atom stereocenters. The summed E-state index contributed by atoms with van der Waals surface area (Å²) in [6, 6.07) is 2.02. The summed E-state index contributed by atoms with van der Waals surface area (Å²) in [6.07, 6.45) is 5.61. The van der Waals surface area contributed by atoms with Gasteiger partial charge < -0.3 is 15.5 Å². The van der Waals surface area contributed by atoms with Crippen LogP contribution in [0.5, 0.6) is 0 Å². The van der Waals surface area contributed by atoms with Gasteiger partial charge in [-0.3, -0.25) is 4.79 Å². The van der Waals surface area contributed by atoms with Crippen LogP contribution in [-0.2, 0) is 4.79 Å². The average molecular weight is 362 g/mol. The fourth-order valence-corrected chi connectivity index (χ4v) is 2.94. The van der Waals surface area contributed by atoms with Gasteiger partial charge in [-0.05, 0) is 37.9 Å². The molecule has 0 spiro atoms. The highest BCUT2D eigenvalue weighted by molar-refractivity contribution is 5.85. The summed E-state index contributed by atoms with van der Waals surface area (Å²) in [5, 5.41) is 6.43. The number of anilines is 1. The zero-order valence-electron chi connectivity index (χ0n) is 13.3. The number of hydrogen-bond acceptors (Lipinski definition) is 5. The Bertz CT molecular complexity index is 486. The average Bonchev–Trinajstić information content (AvgIpc) is 2.46. The van der Waals surface area contributed by atoms with Gasteiger partial charge in [0.15, 0.2) is 0 Å². The minimum Gasteiger partial charge on any atom is -0.351 e. The number of piperidine rings is 1. The fourth-order valence-electron chi connectivity index (χ4n) is 2.94. The maximum Gasteiger partial charge on any atom is 0.225 e. The number of amides is 1. The second-order valence-corrected chi connectivity index (χ2v) is 6.05. The van der Waals surface area contributed by atoms with E-state index in [1.54, 1.807) is 12.4 Å². The van der Waals surface area contributed by atoms with Gasteiger partial charge in [-0.1, -0.05) is 6.92 Å². The lowest BCUT2D eigenvalue weighted by atomic mass is 9.88. The minimum atomic E-state index is 0. The molecule has 3 heterocycles. The van der Waals surface area contributed by atoms with Crippen LogP contribution in [0, 0.1) is 11.8 Å². The maximum atomic E-state index is 12.3. The minimum absolute atomic E-state index is 0. The third-order valence-corrected chi connectivity index (χ3v) is 4.54. The molecule has 0 aliphatic carbocycles. The maximum absolute atomic E-state index is 12.3. The predicted octanol–water partition coefficient (Wildman–Crippen LogP) is 1.26. The number of hydrogen-bond donors (Lipinski definition) is 2. The smallest absolute Gasteiger partial charge is 0.225 e. The van der Waals surface area contributed by atoms with E-state index in [-0.39, 0.29) is 42.7 Å². The first-order valence-electron chi connectivity index (χ1n) is 7.77. The van der Waals surface area contributed by atoms with E-state index < -0.39 is 0 Å². The van der Waals surface area contributed by atoms with Crippen molar-refractivity contribution in [3.05, 3.63) is 18.5 Å². The Hall–Kier alpha value is -1.11. The Kier molecular flexibility index (Phi) is 8.02. The number of aromatic nitrogens is 2. The summed E-state index contributed by atoms with van der Waals surface area (Å²) >= 11 is 0. The van der Waals surface area contributed by atoms with E-state index in [2.05, 4.69) is 25.5 Å². The summed E-state index contributed by atoms with van der Waals surface area (Å²) < 4.78 is 0. The predicted molar refractivity (Wildman–Crippen MR) is 95.4 cm³/mol. The topological polar surface area (TPSA) is 70.2 Å². The molecular formula is C15H25Cl2N5O. The third-order valence-electron chi connectivity index (χ3n) is 4.54. The Labute approximate surface area is 149 Å². The second kappa shape index (κ2) is 9.25. The van der Waals surface area contributed by atoms with Crippen molar-refractivity contribution in [1.82, 2.24) is 20.6 Å². The van der Waals surface area contributed by atoms with Crippen LogP contribution >= 0.6 is 24.8 Å². The Morgan fingerprint density at radius 2 is 2.04 bits per heavy atom. The van der Waals surface area contributed by atoms with Gasteiger partial charge in [0.25, 0.3) is 0 Å². The molecule has 0 saturated carbocycles. The molecule has 1 aromatic heterocycles. The van der Waals surface area contributed by atoms with Crippen LogP contribution in [0.2, 0.25) is 0 Å². The molecule has 3 rings (SSSR count). The van der Waals surface area contributed by atoms with Crippen molar-refractivity contribution in [1.29, 1.82) is 0 Å². The third kappa shape index (κ3) is 4.93. The summed E-state index contributed by atoms with van der Waals surface area (Å²) in [6.45, 7) is 5.71. The molecule has 8 heteroatoms. The van der Waals surface area contributed by atoms with E-state index in [9.17, 15) is 4.79 Å². The first-order valence-corrected chi connectivity index (χ1v) is 7.77. The normalized spacial score (nSPS) is 22.1. The van der Waals surface area contributed by atoms with Crippen LogP contribution in [0.4, 0.5) is 5.95 Å². The molecule has 23 heavy (non-hydrogen) atoms. The highest BCUT2D eigenvalue weighted by atomic mass is 35.5. The Morgan fingerprint density at radius 3 is 2.65 bits per heavy atom. The van der Waals surface area contributed by atoms with Gasteiger partial charge in [0, 0.05) is 37.4 Å². The molecule has 2 aliphatic heterocycles. The SMILES string of the molecule is CC(C(=O)NC1CCCN(c2ncccn2)C1)C1CNC1.Cl.Cl. The van der Waals surface area contributed by atoms with E-state index >= 15 is 0 Å². The number of rotatable bonds is 4. The van der Waals surface area contributed by atoms with Crippen molar-refractivity contribution >= 4 is 36.7 Å². The van der Waals surface area contributed by atoms with Crippen molar-refractivity contribution in [2.45, 2.75) is 25.8 Å². The summed E-state index contributed by atoms with van der Waals surface area (Å²) in [5.74, 6) is 1.52. The first-order chi connectivity index (χ1) is 10.2. The molecule has 1 amide bonds. The van der Waals surface area contributed by atoms with Crippen molar-refractivity contribution in [2.75, 3.05) is 31.1 Å². The molecule has 2 fully saturated rings. The van der Waals surface area contributed by atoms with Gasteiger partial charge in [-0.2, -0.15) is 0 Å². The van der Waals surface area contributed by atoms with E-state index in [1.807, 2.05) is 13.0 Å². The van der Waals surface area contributed by atoms with Crippen LogP contribution in [0.25, 0.3) is 0 Å². The van der Waals surface area contributed by atoms with Crippen LogP contribution in [0.3, 0.4) is 0 Å². The van der Waals surface area contributed by atoms with Gasteiger partial charge in [-0.15, -0.1) is 24.8 Å². The van der Waals surface area contributed by atoms with Gasteiger partial charge >= 0.3 is 0 Å². The summed E-state index contributed by atoms with van der Waals surface area (Å²) in [7, 11) is 0. The largest absolute Gasteiger partial charge is 0.351 e. The number of nitrogens with zero attached hydrogens (tertiary/aromatic N) is 3. The Balaban J connectivity index is 0.00000132. The highest BCUT2D eigenvalue weighted by Crippen LogP contribution is 2.18. The molecule has 2 N–H and O–H groups in total. The van der Waals surface area contributed by atoms with Crippen LogP contribution in [0.1, 0.15) is 19.8 Å². The number of carbonyl (C=O) groups is 1. The molecular weight excluding hydrogens is 337 g/mol. The van der Waals surface area contributed by atoms with E-state index in [4.69, 9.17) is 0 Å². The van der Waals surface area contributed by atoms with E-state index in [0.29, 0.717) is 5.92 Å². The second-order valence-electron chi connectivity index (χ2n) is 6.05. The number of halogens is 2. The molecule has 130 valence electrons. The first kappa shape index (κ1) is 19.9. The highest BCUT2D eigenvalue weighted by Gasteiger charge is 2.31. The molecule has 6 nitrogen and oxygen atoms in total. The van der Waals surface area contributed by atoms with Crippen molar-refractivity contribution < 1.29 is 4.79 Å². The monoisotopic (exact) mass is 361 g/mol. The summed E-state index contributed by atoms with van der Waals surface area (Å²) in [5.41, 5.74) is 0. The fraction of sp³-hybridized carbons (Fsp3) is 0.667. The van der Waals surface area contributed by atoms with Crippen LogP contribution < -0.4 is 15.5 Å². The van der Waals surface area contributed by atoms with Crippen molar-refractivity contribution in [2.24, 2.45) is 11.8 Å². The molecule has 2 saturated heterocycles. The van der Waals surface area contributed by atoms with Gasteiger partial charge in [0.1, 0.15) is 0 Å². The van der Waals surface area contributed by atoms with Crippen LogP contribution in [-0.4, -0.2) is 48.1 Å². The van der Waals surface area contributed by atoms with E-state index in [0.717, 1.165) is 45.0 Å². The quantitative estimate of drug-likeness (QED) is 0.844. The molecule has 1 aromatic rings. The lowest BCUT2D eigenvalue weighted by Gasteiger charge is -2.36. The van der Waals surface area contributed by atoms with Gasteiger partial charge in [-0.25, -0.2) is 9.97 Å². The standard InChI is InChI=1S/C15H23N5O.2ClH/c1-11(12-8-16-9-12)14(21)19-13-4-2-7-20(10-13)15-17-5-3-6-18-15;;/h3,5-6,11-13,16H,2,4,7-10H2,1H3,(H,19,21);2*1H. The molecule has 2 unspecified atom stereocenters. The number of nitrogens with one attached hydrogen (secondary N) is 2. The molecule has 2 aliphatic rings. The van der Waals surface area contributed by atoms with Crippen molar-refractivity contribution in [3.63, 3.8) is 0 Å². The lowest BCUT2D eigenvalue weighted by Crippen LogP contribution is -2.53. The molecule has 0 radical (unpaired) electrons. The summed E-state index contributed by atoms with van der Waals surface area (Å²) in [4.78, 5) is 23.0. The zero-order valence-corrected chi connectivity index (χ0v) is 14.9. The molecule has 0 bridgehead atoms. The lowest BCUT2D eigenvalue weighted by molar-refractivity contribution is -0.127. The number of carbonyl (C=O) groups excluding carboxylic acids is 1. The van der Waals surface area contributed by atoms with Gasteiger partial charge in [0.2, 0.25) is 11.9 Å². The zero-order chi connectivity index (χ0) is 14.7.